The Morgan fingerprint density at radius 2 is 1.16 bits per heavy atom. The first-order chi connectivity index (χ1) is 10.6. The van der Waals surface area contributed by atoms with E-state index in [2.05, 4.69) is 0 Å². The van der Waals surface area contributed by atoms with E-state index in [1.54, 1.807) is 0 Å². The van der Waals surface area contributed by atoms with Crippen molar-refractivity contribution in [2.45, 2.75) is 41.7 Å². The summed E-state index contributed by atoms with van der Waals surface area (Å²) in [4.78, 5) is 10.3. The molecule has 1 N–H and O–H groups in total. The molecule has 0 aromatic heterocycles. The molecule has 0 rings (SSSR count). The van der Waals surface area contributed by atoms with Crippen LogP contribution in [-0.2, 0) is 24.7 Å². The number of halogens is 9. The molecule has 0 spiro atoms. The van der Waals surface area contributed by atoms with Gasteiger partial charge in [0.15, 0.2) is 0 Å². The topological polar surface area (TPSA) is 97.4 Å². The van der Waals surface area contributed by atoms with Gasteiger partial charge in [-0.25, -0.2) is 13.1 Å². The number of rotatable bonds is 6. The number of carbonyl (C=O) groups excluding carboxylic acids is 1. The van der Waals surface area contributed by atoms with Gasteiger partial charge >= 0.3 is 38.5 Å². The Bertz CT molecular complexity index is 738. The molecule has 0 radical (unpaired) electrons. The Kier molecular flexibility index (Phi) is 5.86. The van der Waals surface area contributed by atoms with E-state index in [0.717, 1.165) is 0 Å². The molecule has 1 amide bonds. The smallest absolute Gasteiger partial charge is 0.263 e. The molecular weight excluding hydrogens is 425 g/mol. The standard InChI is InChI=1S/C8H8F9NO5S2/c1-3(2)24(20,21)7(14,15)6(12,13)8(16,17)25(22,23)18-4(19)5(9,10)11/h3H,1-2H3,(H,18,19). The highest BCUT2D eigenvalue weighted by atomic mass is 32.2. The predicted molar refractivity (Wildman–Crippen MR) is 62.0 cm³/mol. The number of amides is 1. The molecule has 150 valence electrons. The van der Waals surface area contributed by atoms with Crippen LogP contribution in [0.5, 0.6) is 0 Å². The molecule has 0 aromatic carbocycles. The highest BCUT2D eigenvalue weighted by Crippen LogP contribution is 2.51. The first-order valence-electron chi connectivity index (χ1n) is 5.57. The van der Waals surface area contributed by atoms with E-state index < -0.39 is 58.3 Å². The van der Waals surface area contributed by atoms with Crippen LogP contribution < -0.4 is 4.72 Å². The molecule has 0 unspecified atom stereocenters. The zero-order valence-electron chi connectivity index (χ0n) is 11.8. The average Bonchev–Trinajstić information content (AvgIpc) is 2.35. The number of sulfonamides is 1. The van der Waals surface area contributed by atoms with E-state index in [1.165, 1.54) is 0 Å². The molecule has 6 nitrogen and oxygen atoms in total. The van der Waals surface area contributed by atoms with Crippen molar-refractivity contribution in [3.8, 4) is 0 Å². The van der Waals surface area contributed by atoms with Crippen molar-refractivity contribution >= 4 is 25.8 Å². The summed E-state index contributed by atoms with van der Waals surface area (Å²) in [5.74, 6) is -10.9. The van der Waals surface area contributed by atoms with E-state index >= 15 is 0 Å². The summed E-state index contributed by atoms with van der Waals surface area (Å²) in [7, 11) is -13.8. The van der Waals surface area contributed by atoms with Crippen molar-refractivity contribution in [2.24, 2.45) is 0 Å². The van der Waals surface area contributed by atoms with Gasteiger partial charge in [-0.05, 0) is 13.8 Å². The molecule has 17 heteroatoms. The van der Waals surface area contributed by atoms with E-state index in [0.29, 0.717) is 13.8 Å². The van der Waals surface area contributed by atoms with Gasteiger partial charge in [-0.2, -0.15) is 47.9 Å². The number of sulfone groups is 1. The third-order valence-corrected chi connectivity index (χ3v) is 6.13. The van der Waals surface area contributed by atoms with Crippen molar-refractivity contribution in [2.75, 3.05) is 0 Å². The van der Waals surface area contributed by atoms with Gasteiger partial charge in [-0.3, -0.25) is 4.79 Å². The fourth-order valence-electron chi connectivity index (χ4n) is 1.06. The summed E-state index contributed by atoms with van der Waals surface area (Å²) < 4.78 is 159. The molecule has 0 heterocycles. The van der Waals surface area contributed by atoms with Crippen LogP contribution in [0, 0.1) is 0 Å². The molecule has 0 fully saturated rings. The van der Waals surface area contributed by atoms with Gasteiger partial charge in [0, 0.05) is 0 Å². The van der Waals surface area contributed by atoms with Crippen LogP contribution in [0.1, 0.15) is 13.8 Å². The van der Waals surface area contributed by atoms with Crippen LogP contribution in [0.3, 0.4) is 0 Å². The van der Waals surface area contributed by atoms with Crippen LogP contribution in [0.15, 0.2) is 0 Å². The van der Waals surface area contributed by atoms with Crippen molar-refractivity contribution in [1.29, 1.82) is 0 Å². The molecular formula is C8H8F9NO5S2. The normalized spacial score (nSPS) is 15.4. The van der Waals surface area contributed by atoms with Gasteiger partial charge in [0.05, 0.1) is 5.25 Å². The van der Waals surface area contributed by atoms with Gasteiger partial charge < -0.3 is 0 Å². The molecule has 0 aliphatic heterocycles. The Morgan fingerprint density at radius 3 is 1.44 bits per heavy atom. The van der Waals surface area contributed by atoms with Gasteiger partial charge in [0.2, 0.25) is 9.84 Å². The minimum atomic E-state index is -7.42. The molecule has 0 saturated heterocycles. The van der Waals surface area contributed by atoms with Crippen molar-refractivity contribution in [3.63, 3.8) is 0 Å². The Morgan fingerprint density at radius 1 is 0.800 bits per heavy atom. The molecule has 0 bridgehead atoms. The summed E-state index contributed by atoms with van der Waals surface area (Å²) >= 11 is 0. The summed E-state index contributed by atoms with van der Waals surface area (Å²) in [5.41, 5.74) is 0. The average molecular weight is 433 g/mol. The van der Waals surface area contributed by atoms with Gasteiger partial charge in [0.25, 0.3) is 0 Å². The van der Waals surface area contributed by atoms with Crippen LogP contribution in [0.2, 0.25) is 0 Å². The second-order valence-electron chi connectivity index (χ2n) is 4.63. The minimum absolute atomic E-state index is 0.372. The molecule has 0 aromatic rings. The first-order valence-corrected chi connectivity index (χ1v) is 8.60. The summed E-state index contributed by atoms with van der Waals surface area (Å²) in [6.07, 6.45) is -6.15. The van der Waals surface area contributed by atoms with Gasteiger partial charge in [-0.1, -0.05) is 0 Å². The summed E-state index contributed by atoms with van der Waals surface area (Å²) in [5, 5.41) is -16.2. The molecule has 0 atom stereocenters. The monoisotopic (exact) mass is 433 g/mol. The number of alkyl halides is 9. The third kappa shape index (κ3) is 3.65. The Labute approximate surface area is 134 Å². The van der Waals surface area contributed by atoms with E-state index in [-0.39, 0.29) is 0 Å². The SMILES string of the molecule is CC(C)S(=O)(=O)C(F)(F)C(F)(F)C(F)(F)S(=O)(=O)NC(=O)C(F)(F)F. The third-order valence-electron chi connectivity index (χ3n) is 2.53. The van der Waals surface area contributed by atoms with Gasteiger partial charge in [0.1, 0.15) is 0 Å². The number of carbonyl (C=O) groups is 1. The van der Waals surface area contributed by atoms with Crippen molar-refractivity contribution < 1.29 is 61.1 Å². The maximum Gasteiger partial charge on any atom is 0.472 e. The lowest BCUT2D eigenvalue weighted by Crippen LogP contribution is -2.64. The second kappa shape index (κ2) is 6.17. The van der Waals surface area contributed by atoms with E-state index in [4.69, 9.17) is 0 Å². The van der Waals surface area contributed by atoms with Crippen molar-refractivity contribution in [1.82, 2.24) is 4.72 Å². The second-order valence-corrected chi connectivity index (χ2v) is 8.90. The highest BCUT2D eigenvalue weighted by molar-refractivity contribution is 7.93. The van der Waals surface area contributed by atoms with Crippen LogP contribution in [-0.4, -0.2) is 50.6 Å². The quantitative estimate of drug-likeness (QED) is 0.643. The lowest BCUT2D eigenvalue weighted by molar-refractivity contribution is -0.244. The lowest BCUT2D eigenvalue weighted by Gasteiger charge is -2.32. The van der Waals surface area contributed by atoms with E-state index in [1.807, 2.05) is 0 Å². The maximum absolute atomic E-state index is 13.4. The zero-order valence-corrected chi connectivity index (χ0v) is 13.5. The predicted octanol–water partition coefficient (Wildman–Crippen LogP) is 1.64. The summed E-state index contributed by atoms with van der Waals surface area (Å²) in [6.45, 7) is 0.745. The fourth-order valence-corrected chi connectivity index (χ4v) is 3.15. The Balaban J connectivity index is 6.28. The zero-order chi connectivity index (χ0) is 20.9. The highest BCUT2D eigenvalue weighted by Gasteiger charge is 2.82. The molecule has 0 aliphatic carbocycles. The Hall–Kier alpha value is -1.26. The van der Waals surface area contributed by atoms with Crippen LogP contribution in [0.25, 0.3) is 0 Å². The fraction of sp³-hybridized carbons (Fsp3) is 0.875. The largest absolute Gasteiger partial charge is 0.472 e. The van der Waals surface area contributed by atoms with Crippen molar-refractivity contribution in [3.05, 3.63) is 0 Å². The minimum Gasteiger partial charge on any atom is -0.263 e. The molecule has 0 saturated carbocycles. The number of hydrogen-bond donors (Lipinski definition) is 1. The first kappa shape index (κ1) is 23.7. The van der Waals surface area contributed by atoms with Gasteiger partial charge in [-0.15, -0.1) is 0 Å². The van der Waals surface area contributed by atoms with E-state index in [9.17, 15) is 61.1 Å². The number of nitrogens with one attached hydrogen (secondary N) is 1. The molecule has 0 aliphatic rings. The molecule has 25 heavy (non-hydrogen) atoms. The number of hydrogen-bond acceptors (Lipinski definition) is 5. The summed E-state index contributed by atoms with van der Waals surface area (Å²) in [6, 6.07) is 0. The lowest BCUT2D eigenvalue weighted by atomic mass is 10.3. The maximum atomic E-state index is 13.4. The van der Waals surface area contributed by atoms with Crippen LogP contribution >= 0.6 is 0 Å². The van der Waals surface area contributed by atoms with Crippen LogP contribution in [0.4, 0.5) is 39.5 Å².